The molecule has 0 saturated heterocycles. The normalized spacial score (nSPS) is 13.8. The number of hydrogen-bond donors (Lipinski definition) is 1. The molecule has 0 atom stereocenters. The van der Waals surface area contributed by atoms with Gasteiger partial charge in [-0.25, -0.2) is 4.99 Å². The van der Waals surface area contributed by atoms with Gasteiger partial charge in [0.25, 0.3) is 5.91 Å². The molecule has 2 heterocycles. The molecule has 2 aromatic heterocycles. The number of aryl methyl sites for hydroxylation is 3. The van der Waals surface area contributed by atoms with E-state index in [0.29, 0.717) is 27.1 Å². The fourth-order valence-corrected chi connectivity index (χ4v) is 6.35. The number of nitrogens with zero attached hydrogens (tertiary/aromatic N) is 1. The van der Waals surface area contributed by atoms with E-state index in [4.69, 9.17) is 32.6 Å². The topological polar surface area (TPSA) is 54.6 Å². The van der Waals surface area contributed by atoms with Gasteiger partial charge in [-0.1, -0.05) is 42.1 Å². The van der Waals surface area contributed by atoms with Crippen molar-refractivity contribution in [3.05, 3.63) is 91.5 Å². The summed E-state index contributed by atoms with van der Waals surface area (Å²) in [4.78, 5) is 19.6. The molecule has 0 saturated carbocycles. The summed E-state index contributed by atoms with van der Waals surface area (Å²) in [6.07, 6.45) is 8.20. The molecule has 0 radical (unpaired) electrons. The van der Waals surface area contributed by atoms with E-state index >= 15 is 0 Å². The van der Waals surface area contributed by atoms with Gasteiger partial charge in [0.2, 0.25) is 0 Å². The van der Waals surface area contributed by atoms with Gasteiger partial charge in [-0.2, -0.15) is 0 Å². The maximum Gasteiger partial charge on any atom is 0.259 e. The largest absolute Gasteiger partial charge is 0.455 e. The van der Waals surface area contributed by atoms with E-state index in [9.17, 15) is 4.79 Å². The minimum Gasteiger partial charge on any atom is -0.455 e. The van der Waals surface area contributed by atoms with Crippen molar-refractivity contribution in [2.45, 2.75) is 52.4 Å². The predicted molar refractivity (Wildman–Crippen MR) is 155 cm³/mol. The summed E-state index contributed by atoms with van der Waals surface area (Å²) in [6, 6.07) is 15.0. The predicted octanol–water partition coefficient (Wildman–Crippen LogP) is 9.59. The molecule has 37 heavy (non-hydrogen) atoms. The minimum absolute atomic E-state index is 0.110. The number of thiophene rings is 1. The first kappa shape index (κ1) is 25.8. The standard InChI is InChI=1S/C30H28Cl2N2O2S/c1-18-9-11-21(15-19(18)2)34-29(35)28-24-7-5-3-4-6-8-27(24)37-30(28)33-17-22-12-14-26(36-22)23-13-10-20(31)16-25(23)32/h9-17H,3-8H2,1-2H3,(H,34,35). The lowest BCUT2D eigenvalue weighted by atomic mass is 9.96. The summed E-state index contributed by atoms with van der Waals surface area (Å²) < 4.78 is 6.00. The number of benzene rings is 2. The van der Waals surface area contributed by atoms with Crippen molar-refractivity contribution in [3.63, 3.8) is 0 Å². The zero-order valence-electron chi connectivity index (χ0n) is 20.9. The Kier molecular flexibility index (Phi) is 7.84. The van der Waals surface area contributed by atoms with Crippen LogP contribution in [0.25, 0.3) is 11.3 Å². The van der Waals surface area contributed by atoms with Crippen LogP contribution in [-0.2, 0) is 12.8 Å². The van der Waals surface area contributed by atoms with Gasteiger partial charge in [0, 0.05) is 21.2 Å². The summed E-state index contributed by atoms with van der Waals surface area (Å²) in [7, 11) is 0. The van der Waals surface area contributed by atoms with E-state index in [2.05, 4.69) is 19.2 Å². The van der Waals surface area contributed by atoms with Crippen molar-refractivity contribution in [2.75, 3.05) is 5.32 Å². The number of amides is 1. The molecule has 0 spiro atoms. The highest BCUT2D eigenvalue weighted by molar-refractivity contribution is 7.16. The Morgan fingerprint density at radius 2 is 1.78 bits per heavy atom. The Bertz CT molecular complexity index is 1480. The lowest BCUT2D eigenvalue weighted by molar-refractivity contribution is 0.102. The SMILES string of the molecule is Cc1ccc(NC(=O)c2c(N=Cc3ccc(-c4ccc(Cl)cc4Cl)o3)sc3c2CCCCCC3)cc1C. The maximum absolute atomic E-state index is 13.6. The van der Waals surface area contributed by atoms with Crippen LogP contribution in [0.2, 0.25) is 10.0 Å². The van der Waals surface area contributed by atoms with Crippen LogP contribution >= 0.6 is 34.5 Å². The maximum atomic E-state index is 13.6. The third-order valence-corrected chi connectivity index (χ3v) is 8.52. The van der Waals surface area contributed by atoms with E-state index in [1.807, 2.05) is 36.4 Å². The first-order chi connectivity index (χ1) is 17.9. The third kappa shape index (κ3) is 5.85. The van der Waals surface area contributed by atoms with Crippen LogP contribution < -0.4 is 5.32 Å². The minimum atomic E-state index is -0.110. The Morgan fingerprint density at radius 3 is 2.57 bits per heavy atom. The van der Waals surface area contributed by atoms with E-state index in [1.54, 1.807) is 29.7 Å². The quantitative estimate of drug-likeness (QED) is 0.251. The van der Waals surface area contributed by atoms with E-state index in [0.717, 1.165) is 53.1 Å². The van der Waals surface area contributed by atoms with Crippen LogP contribution in [0.15, 0.2) is 57.9 Å². The molecule has 4 aromatic rings. The molecule has 5 rings (SSSR count). The number of furan rings is 1. The first-order valence-corrected chi connectivity index (χ1v) is 14.1. The number of halogens is 2. The monoisotopic (exact) mass is 550 g/mol. The average molecular weight is 552 g/mol. The van der Waals surface area contributed by atoms with Crippen molar-refractivity contribution >= 4 is 57.3 Å². The third-order valence-electron chi connectivity index (χ3n) is 6.78. The zero-order chi connectivity index (χ0) is 25.9. The highest BCUT2D eigenvalue weighted by Gasteiger charge is 2.24. The van der Waals surface area contributed by atoms with Crippen molar-refractivity contribution in [1.82, 2.24) is 0 Å². The summed E-state index contributed by atoms with van der Waals surface area (Å²) in [5.74, 6) is 1.11. The number of carbonyl (C=O) groups is 1. The van der Waals surface area contributed by atoms with Gasteiger partial charge in [0.05, 0.1) is 16.8 Å². The fraction of sp³-hybridized carbons (Fsp3) is 0.267. The molecule has 190 valence electrons. The lowest BCUT2D eigenvalue weighted by Crippen LogP contribution is -2.14. The summed E-state index contributed by atoms with van der Waals surface area (Å²) in [5, 5.41) is 4.93. The van der Waals surface area contributed by atoms with Crippen LogP contribution in [-0.4, -0.2) is 12.1 Å². The summed E-state index contributed by atoms with van der Waals surface area (Å²) in [5.41, 5.74) is 5.73. The van der Waals surface area contributed by atoms with Gasteiger partial charge in [-0.3, -0.25) is 4.79 Å². The molecule has 1 aliphatic carbocycles. The number of nitrogens with one attached hydrogen (secondary N) is 1. The summed E-state index contributed by atoms with van der Waals surface area (Å²) in [6.45, 7) is 4.12. The van der Waals surface area contributed by atoms with Gasteiger partial charge in [0.15, 0.2) is 0 Å². The van der Waals surface area contributed by atoms with Crippen LogP contribution in [0.4, 0.5) is 10.7 Å². The Labute approximate surface area is 231 Å². The molecule has 0 unspecified atom stereocenters. The second-order valence-corrected chi connectivity index (χ2v) is 11.4. The van der Waals surface area contributed by atoms with Gasteiger partial charge >= 0.3 is 0 Å². The smallest absolute Gasteiger partial charge is 0.259 e. The number of fused-ring (bicyclic) bond motifs is 1. The van der Waals surface area contributed by atoms with Gasteiger partial charge < -0.3 is 9.73 Å². The number of rotatable bonds is 5. The Hall–Kier alpha value is -2.86. The van der Waals surface area contributed by atoms with Crippen molar-refractivity contribution in [2.24, 2.45) is 4.99 Å². The van der Waals surface area contributed by atoms with E-state index in [1.165, 1.54) is 23.3 Å². The Balaban J connectivity index is 1.47. The average Bonchev–Trinajstić information content (AvgIpc) is 3.44. The lowest BCUT2D eigenvalue weighted by Gasteiger charge is -2.12. The molecular formula is C30H28Cl2N2O2S. The highest BCUT2D eigenvalue weighted by Crippen LogP contribution is 2.39. The first-order valence-electron chi connectivity index (χ1n) is 12.5. The number of carbonyl (C=O) groups excluding carboxylic acids is 1. The molecule has 7 heteroatoms. The zero-order valence-corrected chi connectivity index (χ0v) is 23.2. The molecule has 1 N–H and O–H groups in total. The van der Waals surface area contributed by atoms with Crippen molar-refractivity contribution in [1.29, 1.82) is 0 Å². The van der Waals surface area contributed by atoms with Crippen LogP contribution in [0, 0.1) is 13.8 Å². The highest BCUT2D eigenvalue weighted by atomic mass is 35.5. The number of hydrogen-bond acceptors (Lipinski definition) is 4. The van der Waals surface area contributed by atoms with Crippen LogP contribution in [0.1, 0.15) is 63.4 Å². The molecule has 4 nitrogen and oxygen atoms in total. The fourth-order valence-electron chi connectivity index (χ4n) is 4.62. The van der Waals surface area contributed by atoms with Gasteiger partial charge in [-0.15, -0.1) is 11.3 Å². The molecule has 0 bridgehead atoms. The van der Waals surface area contributed by atoms with Crippen LogP contribution in [0.3, 0.4) is 0 Å². The molecule has 1 amide bonds. The molecule has 2 aromatic carbocycles. The second-order valence-electron chi connectivity index (χ2n) is 9.44. The van der Waals surface area contributed by atoms with Gasteiger partial charge in [0.1, 0.15) is 16.5 Å². The van der Waals surface area contributed by atoms with Crippen molar-refractivity contribution < 1.29 is 9.21 Å². The number of aliphatic imine (C=N–C) groups is 1. The van der Waals surface area contributed by atoms with Crippen molar-refractivity contribution in [3.8, 4) is 11.3 Å². The second kappa shape index (κ2) is 11.3. The number of anilines is 1. The van der Waals surface area contributed by atoms with E-state index < -0.39 is 0 Å². The Morgan fingerprint density at radius 1 is 0.973 bits per heavy atom. The molecular weight excluding hydrogens is 523 g/mol. The van der Waals surface area contributed by atoms with E-state index in [-0.39, 0.29) is 5.91 Å². The molecule has 0 aliphatic heterocycles. The van der Waals surface area contributed by atoms with Gasteiger partial charge in [-0.05, 0) is 98.7 Å². The molecule has 1 aliphatic rings. The summed E-state index contributed by atoms with van der Waals surface area (Å²) >= 11 is 14.0. The molecule has 0 fully saturated rings. The van der Waals surface area contributed by atoms with Crippen LogP contribution in [0.5, 0.6) is 0 Å².